The Labute approximate surface area is 72.1 Å². The van der Waals surface area contributed by atoms with Gasteiger partial charge in [-0.1, -0.05) is 6.92 Å². The number of hydrogen-bond acceptors (Lipinski definition) is 3. The first-order valence-corrected chi connectivity index (χ1v) is 4.55. The molecule has 68 valence electrons. The van der Waals surface area contributed by atoms with Crippen LogP contribution < -0.4 is 0 Å². The fourth-order valence-corrected chi connectivity index (χ4v) is 2.86. The van der Waals surface area contributed by atoms with Crippen LogP contribution in [0, 0.1) is 17.3 Å². The van der Waals surface area contributed by atoms with Crippen LogP contribution in [0.1, 0.15) is 26.2 Å². The van der Waals surface area contributed by atoms with E-state index in [0.29, 0.717) is 11.8 Å². The Kier molecular flexibility index (Phi) is 1.65. The molecule has 12 heavy (non-hydrogen) atoms. The Morgan fingerprint density at radius 3 is 2.75 bits per heavy atom. The number of rotatable bonds is 1. The van der Waals surface area contributed by atoms with Crippen LogP contribution in [0.5, 0.6) is 0 Å². The summed E-state index contributed by atoms with van der Waals surface area (Å²) in [6.45, 7) is 2.08. The lowest BCUT2D eigenvalue weighted by molar-refractivity contribution is -0.109. The van der Waals surface area contributed by atoms with E-state index >= 15 is 0 Å². The summed E-state index contributed by atoms with van der Waals surface area (Å²) in [5.74, 6) is 0.953. The zero-order valence-electron chi connectivity index (χ0n) is 7.27. The number of oxime groups is 1. The van der Waals surface area contributed by atoms with Crippen molar-refractivity contribution in [2.75, 3.05) is 0 Å². The summed E-state index contributed by atoms with van der Waals surface area (Å²) >= 11 is 0. The standard InChI is InChI=1S/C9H15NO2/c1-9(5-10-12)6-2-3-8(11)7(9)4-6/h5-8,11-12H,2-4H2,1H3/b10-5+/t6-,7-,8+,9-/m0/s1. The molecule has 0 spiro atoms. The van der Waals surface area contributed by atoms with E-state index in [-0.39, 0.29) is 11.5 Å². The molecule has 0 saturated heterocycles. The second-order valence-corrected chi connectivity index (χ2v) is 4.29. The molecule has 0 aliphatic heterocycles. The van der Waals surface area contributed by atoms with Crippen LogP contribution in [0.4, 0.5) is 0 Å². The molecule has 3 heteroatoms. The van der Waals surface area contributed by atoms with E-state index in [1.807, 2.05) is 0 Å². The van der Waals surface area contributed by atoms with Crippen molar-refractivity contribution in [3.8, 4) is 0 Å². The van der Waals surface area contributed by atoms with Crippen LogP contribution in [0.25, 0.3) is 0 Å². The summed E-state index contributed by atoms with van der Waals surface area (Å²) in [6.07, 6.45) is 4.51. The van der Waals surface area contributed by atoms with E-state index < -0.39 is 0 Å². The van der Waals surface area contributed by atoms with E-state index in [4.69, 9.17) is 5.21 Å². The molecular weight excluding hydrogens is 154 g/mol. The van der Waals surface area contributed by atoms with E-state index in [0.717, 1.165) is 19.3 Å². The van der Waals surface area contributed by atoms with Crippen molar-refractivity contribution < 1.29 is 10.3 Å². The number of nitrogens with zero attached hydrogens (tertiary/aromatic N) is 1. The second kappa shape index (κ2) is 2.46. The highest BCUT2D eigenvalue weighted by atomic mass is 16.4. The van der Waals surface area contributed by atoms with Crippen LogP contribution in [0.2, 0.25) is 0 Å². The predicted octanol–water partition coefficient (Wildman–Crippen LogP) is 1.24. The summed E-state index contributed by atoms with van der Waals surface area (Å²) in [5.41, 5.74) is -0.0353. The van der Waals surface area contributed by atoms with Gasteiger partial charge in [0.1, 0.15) is 0 Å². The summed E-state index contributed by atoms with van der Waals surface area (Å²) in [4.78, 5) is 0. The summed E-state index contributed by atoms with van der Waals surface area (Å²) in [6, 6.07) is 0. The molecule has 3 saturated carbocycles. The molecule has 0 aromatic rings. The highest BCUT2D eigenvalue weighted by Gasteiger charge is 2.56. The quantitative estimate of drug-likeness (QED) is 0.352. The average molecular weight is 169 g/mol. The zero-order valence-corrected chi connectivity index (χ0v) is 7.27. The zero-order chi connectivity index (χ0) is 8.77. The van der Waals surface area contributed by atoms with Crippen LogP contribution in [-0.2, 0) is 0 Å². The molecule has 0 aromatic heterocycles. The van der Waals surface area contributed by atoms with Crippen LogP contribution in [-0.4, -0.2) is 22.6 Å². The highest BCUT2D eigenvalue weighted by molar-refractivity contribution is 5.67. The molecule has 3 nitrogen and oxygen atoms in total. The van der Waals surface area contributed by atoms with E-state index in [1.54, 1.807) is 6.21 Å². The lowest BCUT2D eigenvalue weighted by Crippen LogP contribution is -2.57. The van der Waals surface area contributed by atoms with Crippen LogP contribution in [0.15, 0.2) is 5.16 Å². The third-order valence-electron chi connectivity index (χ3n) is 3.83. The number of fused-ring (bicyclic) bond motifs is 2. The second-order valence-electron chi connectivity index (χ2n) is 4.29. The molecule has 4 atom stereocenters. The first kappa shape index (κ1) is 8.05. The third kappa shape index (κ3) is 0.829. The molecule has 2 N–H and O–H groups in total. The molecule has 0 radical (unpaired) electrons. The molecule has 3 aliphatic rings. The van der Waals surface area contributed by atoms with Gasteiger partial charge < -0.3 is 10.3 Å². The van der Waals surface area contributed by atoms with Gasteiger partial charge in [0.2, 0.25) is 0 Å². The fourth-order valence-electron chi connectivity index (χ4n) is 2.86. The van der Waals surface area contributed by atoms with Gasteiger partial charge in [-0.3, -0.25) is 0 Å². The van der Waals surface area contributed by atoms with Crippen molar-refractivity contribution in [3.05, 3.63) is 0 Å². The van der Waals surface area contributed by atoms with Crippen LogP contribution >= 0.6 is 0 Å². The Hall–Kier alpha value is -0.570. The average Bonchev–Trinajstić information content (AvgIpc) is 2.04. The smallest absolute Gasteiger partial charge is 0.0577 e. The molecule has 0 unspecified atom stereocenters. The van der Waals surface area contributed by atoms with Crippen molar-refractivity contribution in [2.24, 2.45) is 22.4 Å². The highest BCUT2D eigenvalue weighted by Crippen LogP contribution is 2.58. The molecular formula is C9H15NO2. The molecule has 2 bridgehead atoms. The Morgan fingerprint density at radius 2 is 2.25 bits per heavy atom. The molecule has 3 fully saturated rings. The summed E-state index contributed by atoms with van der Waals surface area (Å²) in [7, 11) is 0. The van der Waals surface area contributed by atoms with Gasteiger partial charge in [0.05, 0.1) is 12.3 Å². The maximum atomic E-state index is 9.63. The van der Waals surface area contributed by atoms with E-state index in [1.165, 1.54) is 0 Å². The molecule has 3 aliphatic carbocycles. The Balaban J connectivity index is 2.18. The molecule has 0 amide bonds. The van der Waals surface area contributed by atoms with Crippen molar-refractivity contribution in [1.29, 1.82) is 0 Å². The minimum atomic E-state index is -0.182. The Morgan fingerprint density at radius 1 is 1.50 bits per heavy atom. The van der Waals surface area contributed by atoms with Gasteiger partial charge in [-0.15, -0.1) is 5.16 Å². The third-order valence-corrected chi connectivity index (χ3v) is 3.83. The SMILES string of the molecule is C[C@]1(/C=N/O)[C@H]2CC[C@@H](O)[C@@H]1C2. The lowest BCUT2D eigenvalue weighted by Gasteiger charge is -2.58. The van der Waals surface area contributed by atoms with Crippen molar-refractivity contribution in [2.45, 2.75) is 32.3 Å². The van der Waals surface area contributed by atoms with Gasteiger partial charge in [-0.25, -0.2) is 0 Å². The van der Waals surface area contributed by atoms with Crippen molar-refractivity contribution >= 4 is 6.21 Å². The van der Waals surface area contributed by atoms with Crippen molar-refractivity contribution in [1.82, 2.24) is 0 Å². The number of aliphatic hydroxyl groups is 1. The topological polar surface area (TPSA) is 52.8 Å². The molecule has 3 rings (SSSR count). The van der Waals surface area contributed by atoms with Gasteiger partial charge in [0, 0.05) is 5.41 Å². The van der Waals surface area contributed by atoms with Gasteiger partial charge in [-0.2, -0.15) is 0 Å². The summed E-state index contributed by atoms with van der Waals surface area (Å²) < 4.78 is 0. The number of aliphatic hydroxyl groups excluding tert-OH is 1. The normalized spacial score (nSPS) is 52.3. The Bertz CT molecular complexity index is 215. The van der Waals surface area contributed by atoms with E-state index in [9.17, 15) is 5.11 Å². The largest absolute Gasteiger partial charge is 0.411 e. The number of hydrogen-bond donors (Lipinski definition) is 2. The van der Waals surface area contributed by atoms with E-state index in [2.05, 4.69) is 12.1 Å². The molecule has 0 aromatic carbocycles. The maximum absolute atomic E-state index is 9.63. The minimum Gasteiger partial charge on any atom is -0.411 e. The summed E-state index contributed by atoms with van der Waals surface area (Å²) in [5, 5.41) is 21.2. The van der Waals surface area contributed by atoms with Gasteiger partial charge in [0.15, 0.2) is 0 Å². The van der Waals surface area contributed by atoms with Gasteiger partial charge in [0.25, 0.3) is 0 Å². The van der Waals surface area contributed by atoms with Crippen molar-refractivity contribution in [3.63, 3.8) is 0 Å². The first-order valence-electron chi connectivity index (χ1n) is 4.55. The first-order chi connectivity index (χ1) is 5.68. The lowest BCUT2D eigenvalue weighted by atomic mass is 9.47. The molecule has 0 heterocycles. The monoisotopic (exact) mass is 169 g/mol. The fraction of sp³-hybridized carbons (Fsp3) is 0.889. The van der Waals surface area contributed by atoms with Gasteiger partial charge in [-0.05, 0) is 31.1 Å². The minimum absolute atomic E-state index is 0.0353. The van der Waals surface area contributed by atoms with Gasteiger partial charge >= 0.3 is 0 Å². The predicted molar refractivity (Wildman–Crippen MR) is 45.2 cm³/mol. The maximum Gasteiger partial charge on any atom is 0.0577 e. The van der Waals surface area contributed by atoms with Crippen LogP contribution in [0.3, 0.4) is 0 Å².